The highest BCUT2D eigenvalue weighted by Crippen LogP contribution is 2.33. The highest BCUT2D eigenvalue weighted by molar-refractivity contribution is 6.00. The molecule has 18 heavy (non-hydrogen) atoms. The molecule has 0 radical (unpaired) electrons. The largest absolute Gasteiger partial charge is 0.469 e. The van der Waals surface area contributed by atoms with Crippen molar-refractivity contribution in [1.82, 2.24) is 0 Å². The van der Waals surface area contributed by atoms with Gasteiger partial charge < -0.3 is 4.74 Å². The number of ether oxygens (including phenoxy) is 1. The van der Waals surface area contributed by atoms with Crippen molar-refractivity contribution in [2.45, 2.75) is 25.7 Å². The normalized spacial score (nSPS) is 23.4. The molecule has 1 fully saturated rings. The Balaban J connectivity index is 2.19. The minimum Gasteiger partial charge on any atom is -0.469 e. The number of Topliss-reactive ketones (excluding diaryl/α,β-unsaturated/α-hetero) is 1. The van der Waals surface area contributed by atoms with Gasteiger partial charge in [0.2, 0.25) is 0 Å². The Hall–Kier alpha value is -1.64. The number of ketones is 1. The Morgan fingerprint density at radius 2 is 1.67 bits per heavy atom. The first kappa shape index (κ1) is 12.8. The first-order valence-corrected chi connectivity index (χ1v) is 6.41. The van der Waals surface area contributed by atoms with E-state index >= 15 is 0 Å². The van der Waals surface area contributed by atoms with Crippen molar-refractivity contribution in [1.29, 1.82) is 0 Å². The molecular weight excluding hydrogens is 228 g/mol. The average Bonchev–Trinajstić information content (AvgIpc) is 2.46. The summed E-state index contributed by atoms with van der Waals surface area (Å²) in [6.45, 7) is 0. The quantitative estimate of drug-likeness (QED) is 0.608. The van der Waals surface area contributed by atoms with Crippen LogP contribution in [0.3, 0.4) is 0 Å². The van der Waals surface area contributed by atoms with Crippen LogP contribution in [0.25, 0.3) is 0 Å². The van der Waals surface area contributed by atoms with E-state index < -0.39 is 0 Å². The van der Waals surface area contributed by atoms with Crippen LogP contribution in [0.4, 0.5) is 0 Å². The van der Waals surface area contributed by atoms with E-state index in [0.29, 0.717) is 5.56 Å². The number of methoxy groups -OCH3 is 1. The maximum Gasteiger partial charge on any atom is 0.309 e. The van der Waals surface area contributed by atoms with Crippen LogP contribution in [0.1, 0.15) is 36.0 Å². The molecule has 2 atom stereocenters. The fourth-order valence-corrected chi connectivity index (χ4v) is 2.69. The van der Waals surface area contributed by atoms with Gasteiger partial charge in [-0.05, 0) is 12.8 Å². The molecule has 0 spiro atoms. The summed E-state index contributed by atoms with van der Waals surface area (Å²) in [5.41, 5.74) is 0.693. The summed E-state index contributed by atoms with van der Waals surface area (Å²) in [7, 11) is 1.39. The van der Waals surface area contributed by atoms with Gasteiger partial charge in [-0.25, -0.2) is 0 Å². The lowest BCUT2D eigenvalue weighted by atomic mass is 9.75. The molecule has 1 saturated carbocycles. The lowest BCUT2D eigenvalue weighted by molar-refractivity contribution is -0.147. The van der Waals surface area contributed by atoms with Crippen LogP contribution < -0.4 is 0 Å². The van der Waals surface area contributed by atoms with E-state index in [1.807, 2.05) is 30.3 Å². The zero-order valence-corrected chi connectivity index (χ0v) is 10.6. The summed E-state index contributed by atoms with van der Waals surface area (Å²) in [5.74, 6) is -0.653. The van der Waals surface area contributed by atoms with Crippen molar-refractivity contribution < 1.29 is 14.3 Å². The average molecular weight is 246 g/mol. The molecule has 0 aromatic heterocycles. The molecule has 2 rings (SSSR count). The third kappa shape index (κ3) is 2.61. The Kier molecular flexibility index (Phi) is 4.13. The van der Waals surface area contributed by atoms with Crippen LogP contribution >= 0.6 is 0 Å². The zero-order valence-electron chi connectivity index (χ0n) is 10.6. The van der Waals surface area contributed by atoms with E-state index in [0.717, 1.165) is 25.7 Å². The molecule has 3 nitrogen and oxygen atoms in total. The molecule has 1 aliphatic carbocycles. The number of hydrogen-bond acceptors (Lipinski definition) is 3. The number of benzene rings is 1. The van der Waals surface area contributed by atoms with Gasteiger partial charge in [-0.1, -0.05) is 43.2 Å². The molecule has 0 saturated heterocycles. The smallest absolute Gasteiger partial charge is 0.309 e. The molecule has 96 valence electrons. The topological polar surface area (TPSA) is 43.4 Å². The van der Waals surface area contributed by atoms with Gasteiger partial charge in [0.05, 0.1) is 13.0 Å². The van der Waals surface area contributed by atoms with Crippen LogP contribution in [0.2, 0.25) is 0 Å². The standard InChI is InChI=1S/C15H18O3/c1-18-15(17)13-10-6-5-9-12(13)14(16)11-7-3-2-4-8-11/h2-4,7-8,12-13H,5-6,9-10H2,1H3. The van der Waals surface area contributed by atoms with Gasteiger partial charge in [0.25, 0.3) is 0 Å². The zero-order chi connectivity index (χ0) is 13.0. The van der Waals surface area contributed by atoms with Crippen molar-refractivity contribution in [3.05, 3.63) is 35.9 Å². The molecule has 0 bridgehead atoms. The number of rotatable bonds is 3. The fourth-order valence-electron chi connectivity index (χ4n) is 2.69. The number of carbonyl (C=O) groups is 2. The minimum absolute atomic E-state index is 0.0747. The molecule has 1 aliphatic rings. The highest BCUT2D eigenvalue weighted by atomic mass is 16.5. The number of hydrogen-bond donors (Lipinski definition) is 0. The molecule has 0 aliphatic heterocycles. The summed E-state index contributed by atoms with van der Waals surface area (Å²) < 4.78 is 4.81. The molecule has 1 aromatic carbocycles. The van der Waals surface area contributed by atoms with Gasteiger partial charge in [-0.2, -0.15) is 0 Å². The van der Waals surface area contributed by atoms with E-state index in [1.54, 1.807) is 0 Å². The third-order valence-electron chi connectivity index (χ3n) is 3.66. The van der Waals surface area contributed by atoms with E-state index in [2.05, 4.69) is 0 Å². The Morgan fingerprint density at radius 1 is 1.06 bits per heavy atom. The van der Waals surface area contributed by atoms with Gasteiger partial charge in [-0.3, -0.25) is 9.59 Å². The maximum atomic E-state index is 12.4. The van der Waals surface area contributed by atoms with Gasteiger partial charge in [0.15, 0.2) is 5.78 Å². The summed E-state index contributed by atoms with van der Waals surface area (Å²) in [6.07, 6.45) is 3.55. The second kappa shape index (κ2) is 5.80. The molecular formula is C15H18O3. The fraction of sp³-hybridized carbons (Fsp3) is 0.467. The van der Waals surface area contributed by atoms with E-state index in [-0.39, 0.29) is 23.6 Å². The SMILES string of the molecule is COC(=O)C1CCCCC1C(=O)c1ccccc1. The lowest BCUT2D eigenvalue weighted by Gasteiger charge is -2.28. The molecule has 0 N–H and O–H groups in total. The summed E-state index contributed by atoms with van der Waals surface area (Å²) in [5, 5.41) is 0. The third-order valence-corrected chi connectivity index (χ3v) is 3.66. The van der Waals surface area contributed by atoms with Crippen LogP contribution in [-0.4, -0.2) is 18.9 Å². The van der Waals surface area contributed by atoms with E-state index in [9.17, 15) is 9.59 Å². The van der Waals surface area contributed by atoms with E-state index in [1.165, 1.54) is 7.11 Å². The molecule has 1 aromatic rings. The predicted molar refractivity (Wildman–Crippen MR) is 68.2 cm³/mol. The Bertz CT molecular complexity index is 425. The van der Waals surface area contributed by atoms with E-state index in [4.69, 9.17) is 4.74 Å². The monoisotopic (exact) mass is 246 g/mol. The van der Waals surface area contributed by atoms with Crippen molar-refractivity contribution in [2.24, 2.45) is 11.8 Å². The second-order valence-corrected chi connectivity index (χ2v) is 4.75. The van der Waals surface area contributed by atoms with Crippen molar-refractivity contribution in [3.8, 4) is 0 Å². The number of esters is 1. The number of carbonyl (C=O) groups excluding carboxylic acids is 2. The Labute approximate surface area is 107 Å². The molecule has 0 amide bonds. The first-order valence-electron chi connectivity index (χ1n) is 6.41. The van der Waals surface area contributed by atoms with Crippen LogP contribution in [0.5, 0.6) is 0 Å². The van der Waals surface area contributed by atoms with Gasteiger partial charge in [0.1, 0.15) is 0 Å². The predicted octanol–water partition coefficient (Wildman–Crippen LogP) is 2.85. The van der Waals surface area contributed by atoms with Crippen LogP contribution in [0.15, 0.2) is 30.3 Å². The first-order chi connectivity index (χ1) is 8.74. The summed E-state index contributed by atoms with van der Waals surface area (Å²) in [4.78, 5) is 24.2. The molecule has 3 heteroatoms. The maximum absolute atomic E-state index is 12.4. The van der Waals surface area contributed by atoms with Gasteiger partial charge >= 0.3 is 5.97 Å². The molecule has 2 unspecified atom stereocenters. The minimum atomic E-state index is -0.267. The molecule has 0 heterocycles. The van der Waals surface area contributed by atoms with Crippen LogP contribution in [0, 0.1) is 11.8 Å². The second-order valence-electron chi connectivity index (χ2n) is 4.75. The van der Waals surface area contributed by atoms with Gasteiger partial charge in [0, 0.05) is 11.5 Å². The van der Waals surface area contributed by atoms with Crippen molar-refractivity contribution in [3.63, 3.8) is 0 Å². The summed E-state index contributed by atoms with van der Waals surface area (Å²) >= 11 is 0. The van der Waals surface area contributed by atoms with Gasteiger partial charge in [-0.15, -0.1) is 0 Å². The van der Waals surface area contributed by atoms with Crippen LogP contribution in [-0.2, 0) is 9.53 Å². The van der Waals surface area contributed by atoms with Crippen molar-refractivity contribution in [2.75, 3.05) is 7.11 Å². The van der Waals surface area contributed by atoms with Crippen molar-refractivity contribution >= 4 is 11.8 Å². The Morgan fingerprint density at radius 3 is 2.28 bits per heavy atom. The summed E-state index contributed by atoms with van der Waals surface area (Å²) in [6, 6.07) is 9.21. The highest BCUT2D eigenvalue weighted by Gasteiger charge is 2.36. The lowest BCUT2D eigenvalue weighted by Crippen LogP contribution is -2.33.